The molecule has 5 heteroatoms. The summed E-state index contributed by atoms with van der Waals surface area (Å²) in [6.07, 6.45) is 8.00. The number of hydrogen-bond donors (Lipinski definition) is 1. The van der Waals surface area contributed by atoms with E-state index >= 15 is 0 Å². The molecule has 1 aliphatic rings. The molecule has 0 saturated heterocycles. The van der Waals surface area contributed by atoms with Crippen LogP contribution in [0.15, 0.2) is 23.1 Å². The molecule has 0 aromatic heterocycles. The van der Waals surface area contributed by atoms with Crippen molar-refractivity contribution in [3.8, 4) is 0 Å². The van der Waals surface area contributed by atoms with E-state index in [-0.39, 0.29) is 10.9 Å². The molecule has 1 aromatic carbocycles. The molecular weight excluding hydrogens is 289 g/mol. The third-order valence-corrected chi connectivity index (χ3v) is 5.38. The summed E-state index contributed by atoms with van der Waals surface area (Å²) in [5, 5.41) is 3.18. The molecule has 0 unspecified atom stereocenters. The molecule has 1 aliphatic carbocycles. The van der Waals surface area contributed by atoms with Gasteiger partial charge >= 0.3 is 0 Å². The maximum atomic E-state index is 13.9. The Morgan fingerprint density at radius 1 is 1.24 bits per heavy atom. The van der Waals surface area contributed by atoms with Crippen LogP contribution >= 0.6 is 0 Å². The molecule has 0 spiro atoms. The Morgan fingerprint density at radius 2 is 1.90 bits per heavy atom. The van der Waals surface area contributed by atoms with Gasteiger partial charge in [-0.3, -0.25) is 0 Å². The molecule has 2 rings (SSSR count). The molecule has 0 amide bonds. The summed E-state index contributed by atoms with van der Waals surface area (Å²) >= 11 is 0. The average Bonchev–Trinajstić information content (AvgIpc) is 2.42. The van der Waals surface area contributed by atoms with Gasteiger partial charge in [-0.2, -0.15) is 0 Å². The molecule has 21 heavy (non-hydrogen) atoms. The highest BCUT2D eigenvalue weighted by atomic mass is 32.2. The normalized spacial score (nSPS) is 23.0. The van der Waals surface area contributed by atoms with Crippen molar-refractivity contribution >= 4 is 15.5 Å². The third-order valence-electron chi connectivity index (χ3n) is 4.27. The average molecular weight is 313 g/mol. The Labute approximate surface area is 126 Å². The number of hydrogen-bond acceptors (Lipinski definition) is 3. The van der Waals surface area contributed by atoms with E-state index in [9.17, 15) is 12.8 Å². The molecular formula is C16H24FNO2S. The van der Waals surface area contributed by atoms with E-state index in [1.165, 1.54) is 43.9 Å². The Hall–Kier alpha value is -1.10. The monoisotopic (exact) mass is 313 g/mol. The minimum atomic E-state index is -3.31. The largest absolute Gasteiger partial charge is 0.380 e. The van der Waals surface area contributed by atoms with E-state index < -0.39 is 15.7 Å². The summed E-state index contributed by atoms with van der Waals surface area (Å²) in [6, 6.07) is 4.18. The minimum Gasteiger partial charge on any atom is -0.380 e. The molecule has 0 radical (unpaired) electrons. The lowest BCUT2D eigenvalue weighted by molar-refractivity contribution is 0.318. The lowest BCUT2D eigenvalue weighted by Gasteiger charge is -2.29. The standard InChI is InChI=1S/C16H24FNO2S/c1-3-4-12-5-7-13(8-6-12)18-16-11-14(21(2,19)20)9-10-15(16)17/h9-13,18H,3-8H2,1-2H3. The maximum Gasteiger partial charge on any atom is 0.175 e. The number of halogens is 1. The van der Waals surface area contributed by atoms with Gasteiger partial charge in [0.05, 0.1) is 10.6 Å². The van der Waals surface area contributed by atoms with Crippen LogP contribution in [0, 0.1) is 11.7 Å². The smallest absolute Gasteiger partial charge is 0.175 e. The van der Waals surface area contributed by atoms with Gasteiger partial charge in [0, 0.05) is 12.3 Å². The van der Waals surface area contributed by atoms with Crippen molar-refractivity contribution in [3.05, 3.63) is 24.0 Å². The van der Waals surface area contributed by atoms with E-state index in [0.29, 0.717) is 5.69 Å². The van der Waals surface area contributed by atoms with Crippen LogP contribution in [-0.4, -0.2) is 20.7 Å². The number of nitrogens with one attached hydrogen (secondary N) is 1. The summed E-state index contributed by atoms with van der Waals surface area (Å²) in [5.41, 5.74) is 0.303. The first kappa shape index (κ1) is 16.3. The number of benzene rings is 1. The second-order valence-corrected chi connectivity index (χ2v) is 8.08. The lowest BCUT2D eigenvalue weighted by Crippen LogP contribution is -2.26. The van der Waals surface area contributed by atoms with Crippen LogP contribution < -0.4 is 5.32 Å². The minimum absolute atomic E-state index is 0.158. The summed E-state index contributed by atoms with van der Waals surface area (Å²) in [6.45, 7) is 2.20. The first-order chi connectivity index (χ1) is 9.90. The van der Waals surface area contributed by atoms with Gasteiger partial charge in [0.25, 0.3) is 0 Å². The van der Waals surface area contributed by atoms with Gasteiger partial charge in [-0.05, 0) is 49.8 Å². The fourth-order valence-electron chi connectivity index (χ4n) is 3.07. The predicted molar refractivity (Wildman–Crippen MR) is 83.8 cm³/mol. The van der Waals surface area contributed by atoms with Gasteiger partial charge in [0.2, 0.25) is 0 Å². The topological polar surface area (TPSA) is 46.2 Å². The van der Waals surface area contributed by atoms with Crippen molar-refractivity contribution < 1.29 is 12.8 Å². The molecule has 1 N–H and O–H groups in total. The highest BCUT2D eigenvalue weighted by Gasteiger charge is 2.21. The SMILES string of the molecule is CCCC1CCC(Nc2cc(S(C)(=O)=O)ccc2F)CC1. The van der Waals surface area contributed by atoms with Gasteiger partial charge in [0.15, 0.2) is 9.84 Å². The highest BCUT2D eigenvalue weighted by Crippen LogP contribution is 2.30. The Kier molecular flexibility index (Phi) is 5.25. The second-order valence-electron chi connectivity index (χ2n) is 6.06. The van der Waals surface area contributed by atoms with Crippen LogP contribution in [0.2, 0.25) is 0 Å². The molecule has 0 aliphatic heterocycles. The van der Waals surface area contributed by atoms with E-state index in [1.807, 2.05) is 0 Å². The van der Waals surface area contributed by atoms with Crippen molar-refractivity contribution in [2.75, 3.05) is 11.6 Å². The predicted octanol–water partition coefficient (Wildman–Crippen LogP) is 4.00. The molecule has 1 aromatic rings. The van der Waals surface area contributed by atoms with Gasteiger partial charge in [-0.1, -0.05) is 19.8 Å². The Bertz CT molecular complexity index is 578. The number of rotatable bonds is 5. The molecule has 1 fully saturated rings. The van der Waals surface area contributed by atoms with Crippen molar-refractivity contribution in [2.24, 2.45) is 5.92 Å². The number of sulfone groups is 1. The van der Waals surface area contributed by atoms with Crippen LogP contribution in [0.1, 0.15) is 45.4 Å². The van der Waals surface area contributed by atoms with Gasteiger partial charge < -0.3 is 5.32 Å². The Balaban J connectivity index is 2.03. The molecule has 0 heterocycles. The first-order valence-corrected chi connectivity index (χ1v) is 9.55. The summed E-state index contributed by atoms with van der Waals surface area (Å²) in [7, 11) is -3.31. The summed E-state index contributed by atoms with van der Waals surface area (Å²) in [4.78, 5) is 0.158. The zero-order valence-electron chi connectivity index (χ0n) is 12.7. The van der Waals surface area contributed by atoms with Crippen LogP contribution in [0.4, 0.5) is 10.1 Å². The van der Waals surface area contributed by atoms with Crippen LogP contribution in [0.3, 0.4) is 0 Å². The van der Waals surface area contributed by atoms with Crippen LogP contribution in [0.5, 0.6) is 0 Å². The van der Waals surface area contributed by atoms with Gasteiger partial charge in [-0.15, -0.1) is 0 Å². The van der Waals surface area contributed by atoms with E-state index in [2.05, 4.69) is 12.2 Å². The van der Waals surface area contributed by atoms with Gasteiger partial charge in [-0.25, -0.2) is 12.8 Å². The van der Waals surface area contributed by atoms with E-state index in [0.717, 1.165) is 25.0 Å². The fourth-order valence-corrected chi connectivity index (χ4v) is 3.72. The molecule has 1 saturated carbocycles. The zero-order chi connectivity index (χ0) is 15.5. The van der Waals surface area contributed by atoms with Crippen molar-refractivity contribution in [3.63, 3.8) is 0 Å². The second kappa shape index (κ2) is 6.77. The van der Waals surface area contributed by atoms with Crippen molar-refractivity contribution in [2.45, 2.75) is 56.4 Å². The van der Waals surface area contributed by atoms with Crippen molar-refractivity contribution in [1.29, 1.82) is 0 Å². The van der Waals surface area contributed by atoms with Crippen LogP contribution in [-0.2, 0) is 9.84 Å². The van der Waals surface area contributed by atoms with Crippen molar-refractivity contribution in [1.82, 2.24) is 0 Å². The quantitative estimate of drug-likeness (QED) is 0.836. The summed E-state index contributed by atoms with van der Waals surface area (Å²) in [5.74, 6) is 0.401. The molecule has 0 bridgehead atoms. The fraction of sp³-hybridized carbons (Fsp3) is 0.625. The van der Waals surface area contributed by atoms with E-state index in [4.69, 9.17) is 0 Å². The molecule has 3 nitrogen and oxygen atoms in total. The van der Waals surface area contributed by atoms with Gasteiger partial charge in [0.1, 0.15) is 5.82 Å². The molecule has 0 atom stereocenters. The Morgan fingerprint density at radius 3 is 2.48 bits per heavy atom. The highest BCUT2D eigenvalue weighted by molar-refractivity contribution is 7.90. The summed E-state index contributed by atoms with van der Waals surface area (Å²) < 4.78 is 37.0. The third kappa shape index (κ3) is 4.43. The zero-order valence-corrected chi connectivity index (χ0v) is 13.5. The van der Waals surface area contributed by atoms with Crippen LogP contribution in [0.25, 0.3) is 0 Å². The maximum absolute atomic E-state index is 13.9. The number of anilines is 1. The molecule has 118 valence electrons. The first-order valence-electron chi connectivity index (χ1n) is 7.66. The van der Waals surface area contributed by atoms with E-state index in [1.54, 1.807) is 0 Å². The lowest BCUT2D eigenvalue weighted by atomic mass is 9.83.